The Labute approximate surface area is 63.2 Å². The zero-order valence-electron chi connectivity index (χ0n) is 6.85. The van der Waals surface area contributed by atoms with E-state index in [0.717, 1.165) is 13.1 Å². The van der Waals surface area contributed by atoms with Crippen LogP contribution in [-0.4, -0.2) is 13.1 Å². The highest BCUT2D eigenvalue weighted by Crippen LogP contribution is 1.96. The first kappa shape index (κ1) is 9.45. The van der Waals surface area contributed by atoms with Gasteiger partial charge in [0.2, 0.25) is 0 Å². The first-order valence-electron chi connectivity index (χ1n) is 3.89. The molecule has 0 radical (unpaired) electrons. The Bertz CT molecular complexity index is 104. The summed E-state index contributed by atoms with van der Waals surface area (Å²) >= 11 is 0. The molecule has 1 atom stereocenters. The molecule has 10 heavy (non-hydrogen) atoms. The smallest absolute Gasteiger partial charge is 0.0625 e. The van der Waals surface area contributed by atoms with Gasteiger partial charge in [-0.3, -0.25) is 0 Å². The fraction of sp³-hybridized carbons (Fsp3) is 0.875. The lowest BCUT2D eigenvalue weighted by atomic mass is 10.1. The Morgan fingerprint density at radius 3 is 2.80 bits per heavy atom. The summed E-state index contributed by atoms with van der Waals surface area (Å²) in [6.45, 7) is 6.27. The van der Waals surface area contributed by atoms with Crippen LogP contribution in [0, 0.1) is 17.2 Å². The van der Waals surface area contributed by atoms with Gasteiger partial charge in [0.15, 0.2) is 0 Å². The van der Waals surface area contributed by atoms with Crippen molar-refractivity contribution in [2.45, 2.75) is 26.7 Å². The van der Waals surface area contributed by atoms with Crippen LogP contribution >= 0.6 is 0 Å². The van der Waals surface area contributed by atoms with Crippen molar-refractivity contribution in [2.75, 3.05) is 13.1 Å². The van der Waals surface area contributed by atoms with Crippen molar-refractivity contribution in [2.24, 2.45) is 5.92 Å². The van der Waals surface area contributed by atoms with E-state index >= 15 is 0 Å². The summed E-state index contributed by atoms with van der Waals surface area (Å²) in [4.78, 5) is 0. The third kappa shape index (κ3) is 5.58. The number of nitriles is 1. The van der Waals surface area contributed by atoms with E-state index in [0.29, 0.717) is 12.3 Å². The van der Waals surface area contributed by atoms with Crippen molar-refractivity contribution in [3.8, 4) is 6.07 Å². The first-order valence-corrected chi connectivity index (χ1v) is 3.89. The Hall–Kier alpha value is -0.550. The predicted molar refractivity (Wildman–Crippen MR) is 42.6 cm³/mol. The van der Waals surface area contributed by atoms with Crippen LogP contribution in [0.5, 0.6) is 0 Å². The molecule has 0 rings (SSSR count). The van der Waals surface area contributed by atoms with Gasteiger partial charge < -0.3 is 5.32 Å². The van der Waals surface area contributed by atoms with E-state index in [1.54, 1.807) is 0 Å². The molecule has 2 heteroatoms. The molecule has 0 aliphatic rings. The molecule has 0 aliphatic carbocycles. The Kier molecular flexibility index (Phi) is 6.21. The Morgan fingerprint density at radius 1 is 1.60 bits per heavy atom. The van der Waals surface area contributed by atoms with Crippen LogP contribution in [0.25, 0.3) is 0 Å². The lowest BCUT2D eigenvalue weighted by Gasteiger charge is -2.06. The van der Waals surface area contributed by atoms with Gasteiger partial charge in [0.05, 0.1) is 6.07 Å². The van der Waals surface area contributed by atoms with Crippen LogP contribution in [0.2, 0.25) is 0 Å². The molecule has 0 saturated heterocycles. The van der Waals surface area contributed by atoms with Crippen molar-refractivity contribution in [1.82, 2.24) is 5.32 Å². The number of nitrogens with zero attached hydrogens (tertiary/aromatic N) is 1. The lowest BCUT2D eigenvalue weighted by molar-refractivity contribution is 0.522. The minimum atomic E-state index is 0.497. The molecule has 0 saturated carbocycles. The summed E-state index contributed by atoms with van der Waals surface area (Å²) in [6, 6.07) is 2.15. The average molecular weight is 140 g/mol. The van der Waals surface area contributed by atoms with Crippen LogP contribution < -0.4 is 5.32 Å². The molecule has 0 amide bonds. The number of nitrogens with one attached hydrogen (secondary N) is 1. The minimum Gasteiger partial charge on any atom is -0.316 e. The molecule has 0 aromatic rings. The predicted octanol–water partition coefficient (Wildman–Crippen LogP) is 1.54. The maximum Gasteiger partial charge on any atom is 0.0625 e. The summed E-state index contributed by atoms with van der Waals surface area (Å²) in [5, 5.41) is 11.6. The quantitative estimate of drug-likeness (QED) is 0.588. The highest BCUT2D eigenvalue weighted by atomic mass is 14.8. The molecular formula is C8H16N2. The first-order chi connectivity index (χ1) is 4.81. The maximum absolute atomic E-state index is 8.32. The van der Waals surface area contributed by atoms with Gasteiger partial charge in [0, 0.05) is 6.42 Å². The van der Waals surface area contributed by atoms with E-state index < -0.39 is 0 Å². The van der Waals surface area contributed by atoms with Gasteiger partial charge in [-0.25, -0.2) is 0 Å². The van der Waals surface area contributed by atoms with Crippen LogP contribution in [0.1, 0.15) is 26.7 Å². The van der Waals surface area contributed by atoms with Crippen molar-refractivity contribution >= 4 is 0 Å². The van der Waals surface area contributed by atoms with Crippen molar-refractivity contribution < 1.29 is 0 Å². The maximum atomic E-state index is 8.32. The number of hydrogen-bond donors (Lipinski definition) is 1. The van der Waals surface area contributed by atoms with Crippen LogP contribution in [0.3, 0.4) is 0 Å². The summed E-state index contributed by atoms with van der Waals surface area (Å²) in [5.74, 6) is 0.497. The van der Waals surface area contributed by atoms with Crippen LogP contribution in [0.4, 0.5) is 0 Å². The summed E-state index contributed by atoms with van der Waals surface area (Å²) in [5.41, 5.74) is 0. The van der Waals surface area contributed by atoms with Gasteiger partial charge in [0.25, 0.3) is 0 Å². The third-order valence-corrected chi connectivity index (χ3v) is 1.36. The zero-order chi connectivity index (χ0) is 7.82. The molecule has 1 unspecified atom stereocenters. The van der Waals surface area contributed by atoms with E-state index in [9.17, 15) is 0 Å². The molecule has 0 aliphatic heterocycles. The van der Waals surface area contributed by atoms with Crippen molar-refractivity contribution in [1.29, 1.82) is 5.26 Å². The molecule has 0 spiro atoms. The molecule has 2 nitrogen and oxygen atoms in total. The van der Waals surface area contributed by atoms with Gasteiger partial charge in [-0.2, -0.15) is 5.26 Å². The normalized spacial score (nSPS) is 12.5. The third-order valence-electron chi connectivity index (χ3n) is 1.36. The Morgan fingerprint density at radius 2 is 2.30 bits per heavy atom. The second-order valence-corrected chi connectivity index (χ2v) is 2.67. The highest BCUT2D eigenvalue weighted by Gasteiger charge is 1.97. The van der Waals surface area contributed by atoms with E-state index in [1.807, 2.05) is 0 Å². The largest absolute Gasteiger partial charge is 0.316 e. The molecular weight excluding hydrogens is 124 g/mol. The lowest BCUT2D eigenvalue weighted by Crippen LogP contribution is -2.21. The highest BCUT2D eigenvalue weighted by molar-refractivity contribution is 4.74. The van der Waals surface area contributed by atoms with Crippen molar-refractivity contribution in [3.05, 3.63) is 0 Å². The van der Waals surface area contributed by atoms with E-state index in [1.165, 1.54) is 6.42 Å². The minimum absolute atomic E-state index is 0.497. The second-order valence-electron chi connectivity index (χ2n) is 2.67. The molecule has 0 fully saturated rings. The van der Waals surface area contributed by atoms with Gasteiger partial charge in [-0.05, 0) is 25.4 Å². The molecule has 58 valence electrons. The van der Waals surface area contributed by atoms with Gasteiger partial charge >= 0.3 is 0 Å². The second kappa shape index (κ2) is 6.57. The number of hydrogen-bond acceptors (Lipinski definition) is 2. The average Bonchev–Trinajstić information content (AvgIpc) is 1.89. The zero-order valence-corrected chi connectivity index (χ0v) is 6.85. The van der Waals surface area contributed by atoms with Gasteiger partial charge in [-0.1, -0.05) is 13.8 Å². The monoisotopic (exact) mass is 140 g/mol. The number of rotatable bonds is 5. The van der Waals surface area contributed by atoms with Crippen LogP contribution in [0.15, 0.2) is 0 Å². The van der Waals surface area contributed by atoms with Crippen LogP contribution in [-0.2, 0) is 0 Å². The molecule has 1 N–H and O–H groups in total. The molecule has 0 heterocycles. The summed E-state index contributed by atoms with van der Waals surface area (Å²) < 4.78 is 0. The Balaban J connectivity index is 3.06. The standard InChI is InChI=1S/C8H16N2/c1-3-6-10-7-8(2)4-5-9/h8,10H,3-4,6-7H2,1-2H3. The topological polar surface area (TPSA) is 35.8 Å². The fourth-order valence-electron chi connectivity index (χ4n) is 0.753. The fourth-order valence-corrected chi connectivity index (χ4v) is 0.753. The molecule has 0 bridgehead atoms. The van der Waals surface area contributed by atoms with Gasteiger partial charge in [-0.15, -0.1) is 0 Å². The van der Waals surface area contributed by atoms with Gasteiger partial charge in [0.1, 0.15) is 0 Å². The summed E-state index contributed by atoms with van der Waals surface area (Å²) in [7, 11) is 0. The summed E-state index contributed by atoms with van der Waals surface area (Å²) in [6.07, 6.45) is 1.83. The van der Waals surface area contributed by atoms with E-state index in [4.69, 9.17) is 5.26 Å². The van der Waals surface area contributed by atoms with Crippen molar-refractivity contribution in [3.63, 3.8) is 0 Å². The SMILES string of the molecule is CCCNCC(C)CC#N. The van der Waals surface area contributed by atoms with E-state index in [2.05, 4.69) is 25.2 Å². The molecule has 0 aromatic carbocycles. The van der Waals surface area contributed by atoms with E-state index in [-0.39, 0.29) is 0 Å². The molecule has 0 aromatic heterocycles.